The lowest BCUT2D eigenvalue weighted by Crippen LogP contribution is -2.17. The second-order valence-corrected chi connectivity index (χ2v) is 8.43. The van der Waals surface area contributed by atoms with Gasteiger partial charge in [0.05, 0.1) is 16.4 Å². The van der Waals surface area contributed by atoms with Crippen molar-refractivity contribution in [3.05, 3.63) is 80.1 Å². The predicted octanol–water partition coefficient (Wildman–Crippen LogP) is 5.07. The van der Waals surface area contributed by atoms with Crippen molar-refractivity contribution < 1.29 is 19.0 Å². The van der Waals surface area contributed by atoms with E-state index in [4.69, 9.17) is 14.2 Å². The topological polar surface area (TPSA) is 82.0 Å². The van der Waals surface area contributed by atoms with Gasteiger partial charge in [0.25, 0.3) is 5.91 Å². The summed E-state index contributed by atoms with van der Waals surface area (Å²) < 4.78 is 19.2. The third-order valence-corrected chi connectivity index (χ3v) is 5.40. The molecular formula is C23H21BrIN3O4. The first kappa shape index (κ1) is 24.0. The van der Waals surface area contributed by atoms with E-state index >= 15 is 0 Å². The molecule has 0 aliphatic rings. The van der Waals surface area contributed by atoms with Crippen molar-refractivity contribution in [3.63, 3.8) is 0 Å². The van der Waals surface area contributed by atoms with Crippen LogP contribution in [0.15, 0.2) is 70.5 Å². The molecule has 0 radical (unpaired) electrons. The number of ether oxygens (including phenoxy) is 3. The maximum atomic E-state index is 12.1. The number of aromatic nitrogens is 1. The zero-order valence-electron chi connectivity index (χ0n) is 17.3. The molecule has 1 aromatic heterocycles. The fourth-order valence-corrected chi connectivity index (χ4v) is 3.68. The van der Waals surface area contributed by atoms with E-state index in [1.54, 1.807) is 30.7 Å². The number of carbonyl (C=O) groups excluding carboxylic acids is 1. The van der Waals surface area contributed by atoms with Crippen LogP contribution >= 0.6 is 38.5 Å². The number of halogens is 2. The van der Waals surface area contributed by atoms with Gasteiger partial charge in [0.15, 0.2) is 11.5 Å². The monoisotopic (exact) mass is 609 g/mol. The first-order chi connectivity index (χ1) is 15.6. The van der Waals surface area contributed by atoms with E-state index in [0.29, 0.717) is 36.9 Å². The van der Waals surface area contributed by atoms with Crippen LogP contribution in [0, 0.1) is 3.57 Å². The van der Waals surface area contributed by atoms with Gasteiger partial charge in [-0.15, -0.1) is 0 Å². The van der Waals surface area contributed by atoms with Crippen LogP contribution in [-0.2, 0) is 0 Å². The minimum Gasteiger partial charge on any atom is -0.490 e. The van der Waals surface area contributed by atoms with Crippen LogP contribution in [0.4, 0.5) is 0 Å². The largest absolute Gasteiger partial charge is 0.490 e. The summed E-state index contributed by atoms with van der Waals surface area (Å²) in [6.07, 6.45) is 4.67. The van der Waals surface area contributed by atoms with E-state index in [0.717, 1.165) is 19.4 Å². The summed E-state index contributed by atoms with van der Waals surface area (Å²) in [5, 5.41) is 4.04. The number of rotatable bonds is 10. The van der Waals surface area contributed by atoms with Crippen LogP contribution in [0.25, 0.3) is 0 Å². The highest BCUT2D eigenvalue weighted by molar-refractivity contribution is 14.1. The molecule has 1 heterocycles. The van der Waals surface area contributed by atoms with Gasteiger partial charge in [-0.05, 0) is 83.6 Å². The van der Waals surface area contributed by atoms with Crippen molar-refractivity contribution in [2.24, 2.45) is 5.10 Å². The molecule has 0 spiro atoms. The van der Waals surface area contributed by atoms with Gasteiger partial charge in [0, 0.05) is 22.4 Å². The molecule has 1 amide bonds. The van der Waals surface area contributed by atoms with Crippen LogP contribution in [0.5, 0.6) is 17.2 Å². The molecule has 0 bridgehead atoms. The van der Waals surface area contributed by atoms with E-state index in [1.165, 1.54) is 0 Å². The molecule has 9 heteroatoms. The Balaban J connectivity index is 1.60. The quantitative estimate of drug-likeness (QED) is 0.150. The SMILES string of the molecule is CCOc1cc(/C=N/NC(=O)c2ccncc2)cc(I)c1OCCOc1ccc(Br)cc1. The maximum Gasteiger partial charge on any atom is 0.271 e. The summed E-state index contributed by atoms with van der Waals surface area (Å²) in [5.74, 6) is 1.71. The molecule has 7 nitrogen and oxygen atoms in total. The fraction of sp³-hybridized carbons (Fsp3) is 0.174. The molecule has 0 atom stereocenters. The molecule has 2 aromatic carbocycles. The Kier molecular flexibility index (Phi) is 9.29. The Labute approximate surface area is 208 Å². The first-order valence-electron chi connectivity index (χ1n) is 9.77. The summed E-state index contributed by atoms with van der Waals surface area (Å²) in [4.78, 5) is 16.0. The molecule has 0 fully saturated rings. The van der Waals surface area contributed by atoms with Crippen LogP contribution in [0.2, 0.25) is 0 Å². The smallest absolute Gasteiger partial charge is 0.271 e. The molecule has 3 rings (SSSR count). The number of hydrazone groups is 1. The Morgan fingerprint density at radius 1 is 1.09 bits per heavy atom. The van der Waals surface area contributed by atoms with E-state index in [9.17, 15) is 4.79 Å². The Bertz CT molecular complexity index is 1060. The molecule has 0 saturated carbocycles. The summed E-state index contributed by atoms with van der Waals surface area (Å²) >= 11 is 5.59. The maximum absolute atomic E-state index is 12.1. The summed E-state index contributed by atoms with van der Waals surface area (Å²) in [6.45, 7) is 3.15. The van der Waals surface area contributed by atoms with Gasteiger partial charge < -0.3 is 14.2 Å². The van der Waals surface area contributed by atoms with E-state index < -0.39 is 0 Å². The molecule has 166 valence electrons. The lowest BCUT2D eigenvalue weighted by Gasteiger charge is -2.15. The molecule has 1 N–H and O–H groups in total. The minimum atomic E-state index is -0.311. The summed E-state index contributed by atoms with van der Waals surface area (Å²) in [7, 11) is 0. The molecule has 0 aliphatic carbocycles. The van der Waals surface area contributed by atoms with E-state index in [-0.39, 0.29) is 5.91 Å². The van der Waals surface area contributed by atoms with Gasteiger partial charge in [-0.2, -0.15) is 5.10 Å². The number of nitrogens with zero attached hydrogens (tertiary/aromatic N) is 2. The number of amides is 1. The van der Waals surface area contributed by atoms with Crippen molar-refractivity contribution in [2.45, 2.75) is 6.92 Å². The standard InChI is InChI=1S/C23H21BrIN3O4/c1-2-30-21-14-16(15-27-28-23(29)17-7-9-26-10-8-17)13-20(25)22(21)32-12-11-31-19-5-3-18(24)4-6-19/h3-10,13-15H,2,11-12H2,1H3,(H,28,29)/b27-15+. The molecule has 0 aliphatic heterocycles. The number of hydrogen-bond acceptors (Lipinski definition) is 6. The Morgan fingerprint density at radius 3 is 2.53 bits per heavy atom. The molecular weight excluding hydrogens is 589 g/mol. The second kappa shape index (κ2) is 12.4. The van der Waals surface area contributed by atoms with Gasteiger partial charge in [0.1, 0.15) is 19.0 Å². The van der Waals surface area contributed by atoms with Crippen molar-refractivity contribution in [1.29, 1.82) is 0 Å². The zero-order chi connectivity index (χ0) is 22.8. The van der Waals surface area contributed by atoms with Gasteiger partial charge in [-0.3, -0.25) is 9.78 Å². The third-order valence-electron chi connectivity index (χ3n) is 4.07. The van der Waals surface area contributed by atoms with Crippen molar-refractivity contribution in [3.8, 4) is 17.2 Å². The average Bonchev–Trinajstić information content (AvgIpc) is 2.80. The number of hydrogen-bond donors (Lipinski definition) is 1. The molecule has 0 unspecified atom stereocenters. The number of pyridine rings is 1. The van der Waals surface area contributed by atoms with Crippen LogP contribution < -0.4 is 19.6 Å². The van der Waals surface area contributed by atoms with Crippen LogP contribution in [0.1, 0.15) is 22.8 Å². The lowest BCUT2D eigenvalue weighted by atomic mass is 10.2. The Hall–Kier alpha value is -2.66. The van der Waals surface area contributed by atoms with Gasteiger partial charge in [-0.25, -0.2) is 5.43 Å². The average molecular weight is 610 g/mol. The molecule has 3 aromatic rings. The van der Waals surface area contributed by atoms with Crippen LogP contribution in [0.3, 0.4) is 0 Å². The van der Waals surface area contributed by atoms with Crippen molar-refractivity contribution in [1.82, 2.24) is 10.4 Å². The highest BCUT2D eigenvalue weighted by Crippen LogP contribution is 2.34. The van der Waals surface area contributed by atoms with Gasteiger partial charge >= 0.3 is 0 Å². The third kappa shape index (κ3) is 7.20. The van der Waals surface area contributed by atoms with Gasteiger partial charge in [-0.1, -0.05) is 15.9 Å². The minimum absolute atomic E-state index is 0.311. The molecule has 0 saturated heterocycles. The highest BCUT2D eigenvalue weighted by Gasteiger charge is 2.12. The fourth-order valence-electron chi connectivity index (χ4n) is 2.63. The predicted molar refractivity (Wildman–Crippen MR) is 135 cm³/mol. The second-order valence-electron chi connectivity index (χ2n) is 6.35. The van der Waals surface area contributed by atoms with E-state index in [1.807, 2.05) is 43.3 Å². The highest BCUT2D eigenvalue weighted by atomic mass is 127. The first-order valence-corrected chi connectivity index (χ1v) is 11.6. The number of nitrogens with one attached hydrogen (secondary N) is 1. The Morgan fingerprint density at radius 2 is 1.81 bits per heavy atom. The molecule has 32 heavy (non-hydrogen) atoms. The number of benzene rings is 2. The van der Waals surface area contributed by atoms with E-state index in [2.05, 4.69) is 54.0 Å². The van der Waals surface area contributed by atoms with Crippen LogP contribution in [-0.4, -0.2) is 36.9 Å². The summed E-state index contributed by atoms with van der Waals surface area (Å²) in [5.41, 5.74) is 3.75. The van der Waals surface area contributed by atoms with Crippen molar-refractivity contribution in [2.75, 3.05) is 19.8 Å². The van der Waals surface area contributed by atoms with Gasteiger partial charge in [0.2, 0.25) is 0 Å². The lowest BCUT2D eigenvalue weighted by molar-refractivity contribution is 0.0955. The normalized spacial score (nSPS) is 10.7. The number of carbonyl (C=O) groups is 1. The zero-order valence-corrected chi connectivity index (χ0v) is 21.0. The summed E-state index contributed by atoms with van der Waals surface area (Å²) in [6, 6.07) is 14.6. The van der Waals surface area contributed by atoms with Crippen molar-refractivity contribution >= 4 is 50.6 Å².